The molecule has 0 amide bonds. The molecule has 1 N–H and O–H groups in total. The molecule has 0 saturated heterocycles. The summed E-state index contributed by atoms with van der Waals surface area (Å²) in [5.41, 5.74) is 0.224. The van der Waals surface area contributed by atoms with Crippen LogP contribution in [0.4, 0.5) is 0 Å². The van der Waals surface area contributed by atoms with Crippen molar-refractivity contribution in [1.29, 1.82) is 0 Å². The van der Waals surface area contributed by atoms with E-state index in [0.717, 1.165) is 5.82 Å². The summed E-state index contributed by atoms with van der Waals surface area (Å²) in [4.78, 5) is 16.1. The maximum Gasteiger partial charge on any atom is 0.354 e. The lowest BCUT2D eigenvalue weighted by atomic mass is 10.3. The van der Waals surface area contributed by atoms with Crippen molar-refractivity contribution in [3.8, 4) is 0 Å². The Morgan fingerprint density at radius 3 is 3.00 bits per heavy atom. The molecule has 0 aromatic carbocycles. The third-order valence-electron chi connectivity index (χ3n) is 2.22. The first-order chi connectivity index (χ1) is 7.18. The van der Waals surface area contributed by atoms with Crippen LogP contribution >= 0.6 is 11.3 Å². The Balaban J connectivity index is 2.27. The molecule has 2 aromatic rings. The predicted molar refractivity (Wildman–Crippen MR) is 57.3 cm³/mol. The van der Waals surface area contributed by atoms with Crippen LogP contribution in [0.2, 0.25) is 0 Å². The second kappa shape index (κ2) is 3.86. The summed E-state index contributed by atoms with van der Waals surface area (Å²) in [6.07, 6.45) is 2.08. The number of aromatic carboxylic acids is 1. The van der Waals surface area contributed by atoms with Gasteiger partial charge in [-0.2, -0.15) is 0 Å². The Hall–Kier alpha value is -1.62. The van der Waals surface area contributed by atoms with Crippen LogP contribution in [0.3, 0.4) is 0 Å². The van der Waals surface area contributed by atoms with Crippen LogP contribution < -0.4 is 0 Å². The number of carboxylic acids is 1. The average molecular weight is 222 g/mol. The Kier molecular flexibility index (Phi) is 2.55. The van der Waals surface area contributed by atoms with Gasteiger partial charge in [-0.1, -0.05) is 6.07 Å². The van der Waals surface area contributed by atoms with Gasteiger partial charge in [0.2, 0.25) is 0 Å². The van der Waals surface area contributed by atoms with E-state index in [1.54, 1.807) is 23.0 Å². The lowest BCUT2D eigenvalue weighted by Gasteiger charge is -2.01. The van der Waals surface area contributed by atoms with E-state index < -0.39 is 5.97 Å². The number of nitrogens with zero attached hydrogens (tertiary/aromatic N) is 2. The molecule has 78 valence electrons. The van der Waals surface area contributed by atoms with Crippen molar-refractivity contribution in [2.45, 2.75) is 6.42 Å². The molecule has 0 radical (unpaired) electrons. The van der Waals surface area contributed by atoms with E-state index in [4.69, 9.17) is 5.11 Å². The molecule has 0 bridgehead atoms. The quantitative estimate of drug-likeness (QED) is 0.861. The van der Waals surface area contributed by atoms with Gasteiger partial charge in [0.25, 0.3) is 0 Å². The van der Waals surface area contributed by atoms with Crippen LogP contribution in [-0.2, 0) is 13.5 Å². The summed E-state index contributed by atoms with van der Waals surface area (Å²) in [6.45, 7) is 0. The number of carboxylic acid groups (broad SMARTS) is 1. The zero-order chi connectivity index (χ0) is 10.8. The molecular weight excluding hydrogens is 212 g/mol. The molecule has 0 aliphatic rings. The normalized spacial score (nSPS) is 10.5. The van der Waals surface area contributed by atoms with Gasteiger partial charge in [-0.25, -0.2) is 9.78 Å². The van der Waals surface area contributed by atoms with Crippen LogP contribution in [0.5, 0.6) is 0 Å². The lowest BCUT2D eigenvalue weighted by molar-refractivity contribution is 0.0686. The van der Waals surface area contributed by atoms with Gasteiger partial charge in [0.1, 0.15) is 11.5 Å². The number of hydrogen-bond donors (Lipinski definition) is 1. The first-order valence-corrected chi connectivity index (χ1v) is 5.32. The highest BCUT2D eigenvalue weighted by Crippen LogP contribution is 2.14. The highest BCUT2D eigenvalue weighted by Gasteiger charge is 2.12. The highest BCUT2D eigenvalue weighted by molar-refractivity contribution is 7.09. The first-order valence-electron chi connectivity index (χ1n) is 4.44. The molecule has 0 saturated carbocycles. The molecule has 15 heavy (non-hydrogen) atoms. The Labute approximate surface area is 90.8 Å². The third-order valence-corrected chi connectivity index (χ3v) is 3.09. The van der Waals surface area contributed by atoms with Crippen molar-refractivity contribution in [2.24, 2.45) is 7.05 Å². The molecule has 2 aromatic heterocycles. The molecule has 0 spiro atoms. The monoisotopic (exact) mass is 222 g/mol. The smallest absolute Gasteiger partial charge is 0.354 e. The van der Waals surface area contributed by atoms with Gasteiger partial charge in [-0.15, -0.1) is 11.3 Å². The van der Waals surface area contributed by atoms with Crippen LogP contribution in [-0.4, -0.2) is 20.6 Å². The van der Waals surface area contributed by atoms with Gasteiger partial charge >= 0.3 is 5.97 Å². The summed E-state index contributed by atoms with van der Waals surface area (Å²) in [5.74, 6) is -0.169. The second-order valence-corrected chi connectivity index (χ2v) is 4.21. The number of imidazole rings is 1. The largest absolute Gasteiger partial charge is 0.477 e. The highest BCUT2D eigenvalue weighted by atomic mass is 32.1. The molecule has 2 rings (SSSR count). The SMILES string of the molecule is Cn1c(C(=O)O)cnc1Cc1cccs1. The van der Waals surface area contributed by atoms with Gasteiger partial charge < -0.3 is 9.67 Å². The van der Waals surface area contributed by atoms with E-state index in [2.05, 4.69) is 4.98 Å². The van der Waals surface area contributed by atoms with Gasteiger partial charge in [-0.3, -0.25) is 0 Å². The van der Waals surface area contributed by atoms with Crippen LogP contribution in [0.15, 0.2) is 23.7 Å². The van der Waals surface area contributed by atoms with Crippen molar-refractivity contribution in [1.82, 2.24) is 9.55 Å². The van der Waals surface area contributed by atoms with E-state index in [1.165, 1.54) is 11.1 Å². The number of hydrogen-bond acceptors (Lipinski definition) is 3. The molecular formula is C10H10N2O2S. The number of carbonyl (C=O) groups is 1. The van der Waals surface area contributed by atoms with E-state index in [0.29, 0.717) is 6.42 Å². The van der Waals surface area contributed by atoms with E-state index in [-0.39, 0.29) is 5.69 Å². The zero-order valence-corrected chi connectivity index (χ0v) is 8.99. The Bertz CT molecular complexity index is 474. The predicted octanol–water partition coefficient (Wildman–Crippen LogP) is 1.77. The van der Waals surface area contributed by atoms with Crippen LogP contribution in [0.1, 0.15) is 21.2 Å². The van der Waals surface area contributed by atoms with Crippen LogP contribution in [0, 0.1) is 0 Å². The molecule has 0 aliphatic heterocycles. The summed E-state index contributed by atoms with van der Waals surface area (Å²) < 4.78 is 1.61. The average Bonchev–Trinajstić information content (AvgIpc) is 2.78. The van der Waals surface area contributed by atoms with Crippen LogP contribution in [0.25, 0.3) is 0 Å². The van der Waals surface area contributed by atoms with E-state index in [9.17, 15) is 4.79 Å². The number of aromatic nitrogens is 2. The summed E-state index contributed by atoms with van der Waals surface area (Å²) in [7, 11) is 1.72. The van der Waals surface area contributed by atoms with Gasteiger partial charge in [0, 0.05) is 18.3 Å². The maximum absolute atomic E-state index is 10.8. The van der Waals surface area contributed by atoms with Gasteiger partial charge in [-0.05, 0) is 11.4 Å². The Morgan fingerprint density at radius 2 is 2.47 bits per heavy atom. The van der Waals surface area contributed by atoms with Crippen molar-refractivity contribution >= 4 is 17.3 Å². The van der Waals surface area contributed by atoms with Crippen molar-refractivity contribution in [3.05, 3.63) is 40.1 Å². The second-order valence-electron chi connectivity index (χ2n) is 3.18. The fourth-order valence-electron chi connectivity index (χ4n) is 1.38. The summed E-state index contributed by atoms with van der Waals surface area (Å²) >= 11 is 1.64. The minimum Gasteiger partial charge on any atom is -0.477 e. The van der Waals surface area contributed by atoms with E-state index >= 15 is 0 Å². The fourth-order valence-corrected chi connectivity index (χ4v) is 2.08. The maximum atomic E-state index is 10.8. The molecule has 0 fully saturated rings. The van der Waals surface area contributed by atoms with Gasteiger partial charge in [0.05, 0.1) is 6.20 Å². The molecule has 5 heteroatoms. The topological polar surface area (TPSA) is 55.1 Å². The number of thiophene rings is 1. The minimum absolute atomic E-state index is 0.224. The van der Waals surface area contributed by atoms with Crippen molar-refractivity contribution in [2.75, 3.05) is 0 Å². The molecule has 4 nitrogen and oxygen atoms in total. The fraction of sp³-hybridized carbons (Fsp3) is 0.200. The molecule has 0 unspecified atom stereocenters. The third kappa shape index (κ3) is 1.92. The number of rotatable bonds is 3. The summed E-state index contributed by atoms with van der Waals surface area (Å²) in [6, 6.07) is 3.99. The molecule has 0 aliphatic carbocycles. The van der Waals surface area contributed by atoms with Crippen molar-refractivity contribution < 1.29 is 9.90 Å². The van der Waals surface area contributed by atoms with Crippen molar-refractivity contribution in [3.63, 3.8) is 0 Å². The van der Waals surface area contributed by atoms with Gasteiger partial charge in [0.15, 0.2) is 0 Å². The minimum atomic E-state index is -0.942. The Morgan fingerprint density at radius 1 is 1.67 bits per heavy atom. The zero-order valence-electron chi connectivity index (χ0n) is 8.17. The molecule has 2 heterocycles. The first kappa shape index (κ1) is 9.92. The molecule has 0 atom stereocenters. The van der Waals surface area contributed by atoms with E-state index in [1.807, 2.05) is 17.5 Å². The standard InChI is InChI=1S/C10H10N2O2S/c1-12-8(10(13)14)6-11-9(12)5-7-3-2-4-15-7/h2-4,6H,5H2,1H3,(H,13,14). The summed E-state index contributed by atoms with van der Waals surface area (Å²) in [5, 5.41) is 10.8. The lowest BCUT2D eigenvalue weighted by Crippen LogP contribution is -2.07.